The molecule has 31 heavy (non-hydrogen) atoms. The van der Waals surface area contributed by atoms with E-state index in [2.05, 4.69) is 5.32 Å². The lowest BCUT2D eigenvalue weighted by Crippen LogP contribution is -2.35. The maximum Gasteiger partial charge on any atom is 0.262 e. The fraction of sp³-hybridized carbons (Fsp3) is 0.333. The van der Waals surface area contributed by atoms with E-state index in [1.54, 1.807) is 12.1 Å². The van der Waals surface area contributed by atoms with Gasteiger partial charge in [-0.05, 0) is 49.2 Å². The number of nitrogens with zero attached hydrogens (tertiary/aromatic N) is 1. The van der Waals surface area contributed by atoms with Crippen molar-refractivity contribution in [2.45, 2.75) is 24.2 Å². The first-order valence-corrected chi connectivity index (χ1v) is 11.3. The van der Waals surface area contributed by atoms with Gasteiger partial charge in [0, 0.05) is 18.7 Å². The molecule has 0 spiro atoms. The summed E-state index contributed by atoms with van der Waals surface area (Å²) in [5, 5.41) is 2.62. The minimum atomic E-state index is -3.66. The fourth-order valence-corrected chi connectivity index (χ4v) is 4.82. The van der Waals surface area contributed by atoms with Crippen molar-refractivity contribution < 1.29 is 27.5 Å². The fourth-order valence-electron chi connectivity index (χ4n) is 3.27. The second-order valence-corrected chi connectivity index (χ2v) is 8.99. The molecule has 2 aromatic rings. The van der Waals surface area contributed by atoms with Crippen molar-refractivity contribution >= 4 is 27.5 Å². The summed E-state index contributed by atoms with van der Waals surface area (Å²) in [4.78, 5) is 23.7. The van der Waals surface area contributed by atoms with Gasteiger partial charge in [0.25, 0.3) is 5.91 Å². The zero-order chi connectivity index (χ0) is 22.4. The van der Waals surface area contributed by atoms with Crippen molar-refractivity contribution in [2.75, 3.05) is 32.1 Å². The van der Waals surface area contributed by atoms with Gasteiger partial charge < -0.3 is 20.5 Å². The Balaban J connectivity index is 1.72. The number of piperidine rings is 1. The Morgan fingerprint density at radius 3 is 2.52 bits per heavy atom. The first kappa shape index (κ1) is 22.6. The minimum absolute atomic E-state index is 0.0839. The highest BCUT2D eigenvalue weighted by Crippen LogP contribution is 2.30. The molecule has 1 aliphatic rings. The molecule has 166 valence electrons. The first-order chi connectivity index (χ1) is 14.8. The number of hydrogen-bond donors (Lipinski definition) is 2. The van der Waals surface area contributed by atoms with Gasteiger partial charge in [0.05, 0.1) is 17.7 Å². The smallest absolute Gasteiger partial charge is 0.262 e. The van der Waals surface area contributed by atoms with Crippen LogP contribution in [0.5, 0.6) is 11.5 Å². The summed E-state index contributed by atoms with van der Waals surface area (Å²) in [5.74, 6) is -0.497. The molecule has 0 bridgehead atoms. The Morgan fingerprint density at radius 2 is 1.84 bits per heavy atom. The van der Waals surface area contributed by atoms with Gasteiger partial charge in [0.15, 0.2) is 6.61 Å². The molecule has 1 heterocycles. The number of benzene rings is 2. The maximum absolute atomic E-state index is 12.9. The van der Waals surface area contributed by atoms with Crippen LogP contribution in [0.25, 0.3) is 0 Å². The predicted octanol–water partition coefficient (Wildman–Crippen LogP) is 1.99. The summed E-state index contributed by atoms with van der Waals surface area (Å²) in [7, 11) is -2.24. The molecule has 1 aliphatic heterocycles. The third-order valence-electron chi connectivity index (χ3n) is 4.89. The topological polar surface area (TPSA) is 128 Å². The molecular formula is C21H25N3O6S. The average Bonchev–Trinajstić information content (AvgIpc) is 2.78. The number of anilines is 1. The van der Waals surface area contributed by atoms with Crippen molar-refractivity contribution in [3.05, 3.63) is 48.0 Å². The van der Waals surface area contributed by atoms with Crippen molar-refractivity contribution in [2.24, 2.45) is 5.73 Å². The molecule has 3 rings (SSSR count). The van der Waals surface area contributed by atoms with E-state index in [-0.39, 0.29) is 22.8 Å². The number of carbonyl (C=O) groups excluding carboxylic acids is 2. The van der Waals surface area contributed by atoms with Gasteiger partial charge in [0.2, 0.25) is 15.9 Å². The Hall–Kier alpha value is -3.11. The number of primary amides is 1. The molecule has 2 aromatic carbocycles. The largest absolute Gasteiger partial charge is 0.495 e. The third-order valence-corrected chi connectivity index (χ3v) is 6.78. The minimum Gasteiger partial charge on any atom is -0.495 e. The molecule has 1 fully saturated rings. The molecule has 0 atom stereocenters. The van der Waals surface area contributed by atoms with Crippen molar-refractivity contribution in [3.8, 4) is 11.5 Å². The number of nitrogens with one attached hydrogen (secondary N) is 1. The van der Waals surface area contributed by atoms with Crippen LogP contribution in [0.1, 0.15) is 29.6 Å². The summed E-state index contributed by atoms with van der Waals surface area (Å²) < 4.78 is 38.0. The highest BCUT2D eigenvalue weighted by Gasteiger charge is 2.27. The van der Waals surface area contributed by atoms with Gasteiger partial charge in [-0.15, -0.1) is 0 Å². The number of amides is 2. The van der Waals surface area contributed by atoms with E-state index in [0.29, 0.717) is 24.6 Å². The van der Waals surface area contributed by atoms with E-state index in [9.17, 15) is 18.0 Å². The molecule has 9 nitrogen and oxygen atoms in total. The predicted molar refractivity (Wildman–Crippen MR) is 115 cm³/mol. The van der Waals surface area contributed by atoms with Crippen LogP contribution in [-0.4, -0.2) is 51.3 Å². The number of nitrogens with two attached hydrogens (primary N) is 1. The number of hydrogen-bond acceptors (Lipinski definition) is 6. The van der Waals surface area contributed by atoms with Crippen LogP contribution in [0, 0.1) is 0 Å². The molecule has 0 radical (unpaired) electrons. The standard InChI is InChI=1S/C21H25N3O6S/c1-29-19-9-8-17(31(27,28)24-10-3-2-4-11-24)13-18(19)23-20(25)14-30-16-7-5-6-15(12-16)21(22)26/h5-9,12-13H,2-4,10-11,14H2,1H3,(H2,22,26)(H,23,25). The monoisotopic (exact) mass is 447 g/mol. The molecule has 0 saturated carbocycles. The van der Waals surface area contributed by atoms with Crippen molar-refractivity contribution in [1.29, 1.82) is 0 Å². The van der Waals surface area contributed by atoms with Gasteiger partial charge in [-0.1, -0.05) is 12.5 Å². The molecular weight excluding hydrogens is 422 g/mol. The quantitative estimate of drug-likeness (QED) is 0.637. The lowest BCUT2D eigenvalue weighted by atomic mass is 10.2. The van der Waals surface area contributed by atoms with E-state index in [1.165, 1.54) is 41.7 Å². The summed E-state index contributed by atoms with van der Waals surface area (Å²) in [6.45, 7) is 0.608. The lowest BCUT2D eigenvalue weighted by molar-refractivity contribution is -0.118. The zero-order valence-electron chi connectivity index (χ0n) is 17.2. The average molecular weight is 448 g/mol. The third kappa shape index (κ3) is 5.53. The molecule has 0 aliphatic carbocycles. The molecule has 10 heteroatoms. The van der Waals surface area contributed by atoms with E-state index >= 15 is 0 Å². The van der Waals surface area contributed by atoms with Crippen LogP contribution in [0.15, 0.2) is 47.4 Å². The van der Waals surface area contributed by atoms with E-state index in [4.69, 9.17) is 15.2 Å². The second kappa shape index (κ2) is 9.80. The number of rotatable bonds is 8. The first-order valence-electron chi connectivity index (χ1n) is 9.82. The van der Waals surface area contributed by atoms with E-state index < -0.39 is 21.8 Å². The Bertz CT molecular complexity index is 1060. The number of carbonyl (C=O) groups is 2. The molecule has 2 amide bonds. The summed E-state index contributed by atoms with van der Waals surface area (Å²) in [6.07, 6.45) is 2.67. The van der Waals surface area contributed by atoms with Crippen molar-refractivity contribution in [3.63, 3.8) is 0 Å². The number of methoxy groups -OCH3 is 1. The number of ether oxygens (including phenoxy) is 2. The summed E-state index contributed by atoms with van der Waals surface area (Å²) in [5.41, 5.74) is 5.72. The Morgan fingerprint density at radius 1 is 1.10 bits per heavy atom. The Kier molecular flexibility index (Phi) is 7.13. The van der Waals surface area contributed by atoms with Gasteiger partial charge in [-0.25, -0.2) is 8.42 Å². The van der Waals surface area contributed by atoms with E-state index in [0.717, 1.165) is 19.3 Å². The van der Waals surface area contributed by atoms with Crippen LogP contribution in [0.2, 0.25) is 0 Å². The lowest BCUT2D eigenvalue weighted by Gasteiger charge is -2.26. The van der Waals surface area contributed by atoms with Crippen LogP contribution in [-0.2, 0) is 14.8 Å². The highest BCUT2D eigenvalue weighted by molar-refractivity contribution is 7.89. The molecule has 0 aromatic heterocycles. The zero-order valence-corrected chi connectivity index (χ0v) is 18.0. The van der Waals surface area contributed by atoms with Gasteiger partial charge in [-0.3, -0.25) is 9.59 Å². The highest BCUT2D eigenvalue weighted by atomic mass is 32.2. The van der Waals surface area contributed by atoms with Crippen molar-refractivity contribution in [1.82, 2.24) is 4.31 Å². The normalized spacial score (nSPS) is 14.6. The molecule has 0 unspecified atom stereocenters. The van der Waals surface area contributed by atoms with Crippen LogP contribution >= 0.6 is 0 Å². The van der Waals surface area contributed by atoms with Gasteiger partial charge in [0.1, 0.15) is 11.5 Å². The van der Waals surface area contributed by atoms with Gasteiger partial charge >= 0.3 is 0 Å². The molecule has 3 N–H and O–H groups in total. The van der Waals surface area contributed by atoms with E-state index in [1.807, 2.05) is 0 Å². The maximum atomic E-state index is 12.9. The Labute approximate surface area is 181 Å². The summed E-state index contributed by atoms with van der Waals surface area (Å²) >= 11 is 0. The van der Waals surface area contributed by atoms with Crippen LogP contribution in [0.4, 0.5) is 5.69 Å². The second-order valence-electron chi connectivity index (χ2n) is 7.06. The van der Waals surface area contributed by atoms with Crippen LogP contribution in [0.3, 0.4) is 0 Å². The SMILES string of the molecule is COc1ccc(S(=O)(=O)N2CCCCC2)cc1NC(=O)COc1cccc(C(N)=O)c1. The number of sulfonamides is 1. The summed E-state index contributed by atoms with van der Waals surface area (Å²) in [6, 6.07) is 10.5. The molecule has 1 saturated heterocycles. The van der Waals surface area contributed by atoms with Crippen LogP contribution < -0.4 is 20.5 Å². The van der Waals surface area contributed by atoms with Gasteiger partial charge in [-0.2, -0.15) is 4.31 Å².